The Kier molecular flexibility index (Phi) is 1.87. The highest BCUT2D eigenvalue weighted by atomic mass is 32.1. The third kappa shape index (κ3) is 1.21. The van der Waals surface area contributed by atoms with Gasteiger partial charge in [0, 0.05) is 0 Å². The van der Waals surface area contributed by atoms with E-state index in [0.717, 1.165) is 5.13 Å². The predicted molar refractivity (Wildman–Crippen MR) is 37.2 cm³/mol. The van der Waals surface area contributed by atoms with E-state index < -0.39 is 0 Å². The van der Waals surface area contributed by atoms with Gasteiger partial charge in [-0.15, -0.1) is 10.2 Å². The van der Waals surface area contributed by atoms with Gasteiger partial charge in [0.1, 0.15) is 5.51 Å². The lowest BCUT2D eigenvalue weighted by Gasteiger charge is -1.83. The summed E-state index contributed by atoms with van der Waals surface area (Å²) in [6, 6.07) is 0. The molecular weight excluding hydrogens is 142 g/mol. The van der Waals surface area contributed by atoms with Crippen LogP contribution in [0.4, 0.5) is 5.13 Å². The van der Waals surface area contributed by atoms with Crippen LogP contribution in [0.15, 0.2) is 5.51 Å². The zero-order valence-corrected chi connectivity index (χ0v) is 5.50. The maximum atomic E-state index is 4.50. The lowest BCUT2D eigenvalue weighted by atomic mass is 11.1. The van der Waals surface area contributed by atoms with Crippen LogP contribution in [-0.2, 0) is 0 Å². The largest absolute Gasteiger partial charge is 0.327 e. The molecule has 8 heavy (non-hydrogen) atoms. The lowest BCUT2D eigenvalue weighted by molar-refractivity contribution is 1.10. The van der Waals surface area contributed by atoms with Crippen molar-refractivity contribution in [3.63, 3.8) is 0 Å². The molecule has 1 N–H and O–H groups in total. The van der Waals surface area contributed by atoms with Gasteiger partial charge in [-0.05, 0) is 0 Å². The van der Waals surface area contributed by atoms with Crippen LogP contribution >= 0.6 is 23.6 Å². The molecule has 0 aliphatic rings. The van der Waals surface area contributed by atoms with Crippen molar-refractivity contribution in [2.24, 2.45) is 0 Å². The van der Waals surface area contributed by atoms with Crippen LogP contribution in [0.3, 0.4) is 0 Å². The van der Waals surface area contributed by atoms with E-state index in [2.05, 4.69) is 27.7 Å². The van der Waals surface area contributed by atoms with E-state index >= 15 is 0 Å². The predicted octanol–water partition coefficient (Wildman–Crippen LogP) is 0.907. The van der Waals surface area contributed by atoms with Crippen molar-refractivity contribution in [2.75, 3.05) is 5.32 Å². The molecule has 1 heterocycles. The molecule has 1 aromatic heterocycles. The van der Waals surface area contributed by atoms with Crippen molar-refractivity contribution < 1.29 is 0 Å². The lowest BCUT2D eigenvalue weighted by Crippen LogP contribution is -1.89. The smallest absolute Gasteiger partial charge is 0.210 e. The van der Waals surface area contributed by atoms with Crippen molar-refractivity contribution in [1.82, 2.24) is 10.2 Å². The van der Waals surface area contributed by atoms with Gasteiger partial charge in [-0.25, -0.2) is 0 Å². The molecule has 0 radical (unpaired) electrons. The summed E-state index contributed by atoms with van der Waals surface area (Å²) in [4.78, 5) is 0. The Labute approximate surface area is 55.8 Å². The van der Waals surface area contributed by atoms with Gasteiger partial charge in [-0.3, -0.25) is 0 Å². The van der Waals surface area contributed by atoms with Gasteiger partial charge >= 0.3 is 0 Å². The fourth-order valence-electron chi connectivity index (χ4n) is 0.286. The van der Waals surface area contributed by atoms with E-state index in [0.29, 0.717) is 0 Å². The fraction of sp³-hybridized carbons (Fsp3) is 0. The third-order valence-electron chi connectivity index (χ3n) is 0.542. The average molecular weight is 145 g/mol. The fourth-order valence-corrected chi connectivity index (χ4v) is 0.888. The molecule has 0 fully saturated rings. The average Bonchev–Trinajstić information content (AvgIpc) is 2.19. The van der Waals surface area contributed by atoms with Crippen LogP contribution in [-0.4, -0.2) is 15.7 Å². The summed E-state index contributed by atoms with van der Waals surface area (Å²) in [5, 5.41) is 10.7. The molecule has 0 amide bonds. The Hall–Kier alpha value is -0.550. The Morgan fingerprint density at radius 3 is 3.25 bits per heavy atom. The Bertz CT molecular complexity index is 159. The second-order valence-corrected chi connectivity index (χ2v) is 2.07. The van der Waals surface area contributed by atoms with Crippen molar-refractivity contribution >= 4 is 34.2 Å². The minimum atomic E-state index is 0.736. The molecule has 0 saturated heterocycles. The van der Waals surface area contributed by atoms with Crippen molar-refractivity contribution in [3.05, 3.63) is 5.51 Å². The van der Waals surface area contributed by atoms with E-state index in [1.165, 1.54) is 16.8 Å². The molecule has 0 spiro atoms. The van der Waals surface area contributed by atoms with Gasteiger partial charge in [-0.1, -0.05) is 23.6 Å². The van der Waals surface area contributed by atoms with Gasteiger partial charge in [0.05, 0.1) is 5.49 Å². The van der Waals surface area contributed by atoms with Crippen LogP contribution in [0.1, 0.15) is 0 Å². The normalized spacial score (nSPS) is 8.50. The Balaban J connectivity index is 2.62. The van der Waals surface area contributed by atoms with Crippen LogP contribution in [0.2, 0.25) is 0 Å². The van der Waals surface area contributed by atoms with Gasteiger partial charge in [0.25, 0.3) is 0 Å². The summed E-state index contributed by atoms with van der Waals surface area (Å²) < 4.78 is 0. The van der Waals surface area contributed by atoms with Crippen molar-refractivity contribution in [3.8, 4) is 0 Å². The van der Waals surface area contributed by atoms with Gasteiger partial charge in [0.2, 0.25) is 5.13 Å². The molecular formula is C3H3N3S2. The molecule has 1 aromatic rings. The van der Waals surface area contributed by atoms with Crippen LogP contribution < -0.4 is 5.32 Å². The number of nitrogens with zero attached hydrogens (tertiary/aromatic N) is 2. The van der Waals surface area contributed by atoms with Crippen LogP contribution in [0.5, 0.6) is 0 Å². The first-order chi connectivity index (χ1) is 3.93. The molecule has 0 unspecified atom stereocenters. The van der Waals surface area contributed by atoms with Crippen LogP contribution in [0, 0.1) is 0 Å². The number of thiocarbonyl (C=S) groups is 1. The standard InChI is InChI=1S/C3H3N3S2/c7-1-4-3-6-5-2-8-3/h1-2H,(H,4,6,7). The Morgan fingerprint density at radius 2 is 2.75 bits per heavy atom. The minimum absolute atomic E-state index is 0.736. The van der Waals surface area contributed by atoms with Gasteiger partial charge in [0.15, 0.2) is 0 Å². The Morgan fingerprint density at radius 1 is 1.88 bits per heavy atom. The molecule has 5 heteroatoms. The number of hydrogen-bond acceptors (Lipinski definition) is 4. The maximum Gasteiger partial charge on any atom is 0.210 e. The van der Waals surface area contributed by atoms with E-state index in [-0.39, 0.29) is 0 Å². The summed E-state index contributed by atoms with van der Waals surface area (Å²) in [5.41, 5.74) is 3.04. The van der Waals surface area contributed by atoms with Gasteiger partial charge < -0.3 is 5.32 Å². The maximum absolute atomic E-state index is 4.50. The summed E-state index contributed by atoms with van der Waals surface area (Å²) >= 11 is 5.92. The molecule has 0 aliphatic carbocycles. The zero-order valence-electron chi connectivity index (χ0n) is 3.87. The highest BCUT2D eigenvalue weighted by molar-refractivity contribution is 7.79. The van der Waals surface area contributed by atoms with E-state index in [9.17, 15) is 0 Å². The first kappa shape index (κ1) is 5.58. The summed E-state index contributed by atoms with van der Waals surface area (Å²) in [5.74, 6) is 0. The first-order valence-corrected chi connectivity index (χ1v) is 3.25. The van der Waals surface area contributed by atoms with Crippen LogP contribution in [0.25, 0.3) is 0 Å². The number of anilines is 1. The zero-order chi connectivity index (χ0) is 5.82. The molecule has 0 aromatic carbocycles. The second kappa shape index (κ2) is 2.68. The quantitative estimate of drug-likeness (QED) is 0.628. The number of nitrogens with one attached hydrogen (secondary N) is 1. The summed E-state index contributed by atoms with van der Waals surface area (Å²) in [6.07, 6.45) is 0. The van der Waals surface area contributed by atoms with E-state index in [4.69, 9.17) is 0 Å². The molecule has 3 nitrogen and oxygen atoms in total. The highest BCUT2D eigenvalue weighted by Crippen LogP contribution is 2.05. The molecule has 0 saturated carbocycles. The third-order valence-corrected chi connectivity index (χ3v) is 1.28. The molecule has 0 atom stereocenters. The van der Waals surface area contributed by atoms with Gasteiger partial charge in [-0.2, -0.15) is 0 Å². The molecule has 1 rings (SSSR count). The number of aromatic nitrogens is 2. The first-order valence-electron chi connectivity index (χ1n) is 1.90. The second-order valence-electron chi connectivity index (χ2n) is 1.01. The topological polar surface area (TPSA) is 37.8 Å². The molecule has 0 bridgehead atoms. The van der Waals surface area contributed by atoms with Crippen molar-refractivity contribution in [2.45, 2.75) is 0 Å². The molecule has 42 valence electrons. The van der Waals surface area contributed by atoms with E-state index in [1.54, 1.807) is 5.51 Å². The van der Waals surface area contributed by atoms with E-state index in [1.807, 2.05) is 0 Å². The summed E-state index contributed by atoms with van der Waals surface area (Å²) in [7, 11) is 0. The minimum Gasteiger partial charge on any atom is -0.327 e. The monoisotopic (exact) mass is 145 g/mol. The molecule has 0 aliphatic heterocycles. The summed E-state index contributed by atoms with van der Waals surface area (Å²) in [6.45, 7) is 0. The SMILES string of the molecule is S=CNc1nncs1. The van der Waals surface area contributed by atoms with Crippen molar-refractivity contribution in [1.29, 1.82) is 0 Å². The number of rotatable bonds is 2. The highest BCUT2D eigenvalue weighted by Gasteiger charge is 1.86. The number of hydrogen-bond donors (Lipinski definition) is 1.